The second-order valence-electron chi connectivity index (χ2n) is 8.15. The van der Waals surface area contributed by atoms with E-state index in [0.29, 0.717) is 29.9 Å². The standard InChI is InChI=1S/C25H26N2O3S/c1-17-8-11-23(19(3)14-17)26-31(29,30)24-15-21(10-9-18(24)2)25(28)27-13-12-20-6-4-5-7-22(20)16-27/h4-11,14-15,26H,12-13,16H2,1-3H3. The lowest BCUT2D eigenvalue weighted by Gasteiger charge is -2.29. The topological polar surface area (TPSA) is 66.5 Å². The molecule has 4 rings (SSSR count). The van der Waals surface area contributed by atoms with Crippen LogP contribution in [0.15, 0.2) is 65.6 Å². The maximum atomic E-state index is 13.2. The van der Waals surface area contributed by atoms with Gasteiger partial charge in [-0.05, 0) is 67.6 Å². The Bertz CT molecular complexity index is 1270. The number of sulfonamides is 1. The van der Waals surface area contributed by atoms with E-state index in [1.54, 1.807) is 30.0 Å². The number of hydrogen-bond acceptors (Lipinski definition) is 3. The summed E-state index contributed by atoms with van der Waals surface area (Å²) >= 11 is 0. The summed E-state index contributed by atoms with van der Waals surface area (Å²) in [6.07, 6.45) is 0.799. The lowest BCUT2D eigenvalue weighted by atomic mass is 9.99. The lowest BCUT2D eigenvalue weighted by Crippen LogP contribution is -2.36. The number of amides is 1. The maximum Gasteiger partial charge on any atom is 0.262 e. The predicted octanol–water partition coefficient (Wildman–Crippen LogP) is 4.61. The van der Waals surface area contributed by atoms with Gasteiger partial charge in [0.25, 0.3) is 15.9 Å². The van der Waals surface area contributed by atoms with Crippen LogP contribution in [0.2, 0.25) is 0 Å². The van der Waals surface area contributed by atoms with E-state index in [2.05, 4.69) is 10.8 Å². The summed E-state index contributed by atoms with van der Waals surface area (Å²) in [4.78, 5) is 15.1. The molecule has 0 bridgehead atoms. The third kappa shape index (κ3) is 4.35. The Labute approximate surface area is 183 Å². The van der Waals surface area contributed by atoms with Gasteiger partial charge in [-0.2, -0.15) is 0 Å². The van der Waals surface area contributed by atoms with Crippen LogP contribution >= 0.6 is 0 Å². The van der Waals surface area contributed by atoms with Gasteiger partial charge in [-0.3, -0.25) is 9.52 Å². The van der Waals surface area contributed by atoms with Crippen LogP contribution in [0.25, 0.3) is 0 Å². The van der Waals surface area contributed by atoms with Gasteiger partial charge < -0.3 is 4.90 Å². The minimum absolute atomic E-state index is 0.121. The number of nitrogens with zero attached hydrogens (tertiary/aromatic N) is 1. The highest BCUT2D eigenvalue weighted by Gasteiger charge is 2.24. The normalized spacial score (nSPS) is 13.6. The van der Waals surface area contributed by atoms with Crippen LogP contribution in [-0.2, 0) is 23.0 Å². The maximum absolute atomic E-state index is 13.2. The monoisotopic (exact) mass is 434 g/mol. The summed E-state index contributed by atoms with van der Waals surface area (Å²) < 4.78 is 29.0. The molecule has 0 aliphatic carbocycles. The minimum atomic E-state index is -3.84. The Morgan fingerprint density at radius 2 is 1.65 bits per heavy atom. The first-order valence-corrected chi connectivity index (χ1v) is 11.8. The van der Waals surface area contributed by atoms with Gasteiger partial charge in [-0.25, -0.2) is 8.42 Å². The third-order valence-electron chi connectivity index (χ3n) is 5.77. The Morgan fingerprint density at radius 3 is 2.39 bits per heavy atom. The van der Waals surface area contributed by atoms with E-state index in [0.717, 1.165) is 23.1 Å². The van der Waals surface area contributed by atoms with Gasteiger partial charge in [-0.15, -0.1) is 0 Å². The SMILES string of the molecule is Cc1ccc(NS(=O)(=O)c2cc(C(=O)N3CCc4ccccc4C3)ccc2C)c(C)c1. The van der Waals surface area contributed by atoms with E-state index >= 15 is 0 Å². The van der Waals surface area contributed by atoms with Crippen LogP contribution < -0.4 is 4.72 Å². The molecule has 1 heterocycles. The first-order valence-electron chi connectivity index (χ1n) is 10.3. The average Bonchev–Trinajstić information content (AvgIpc) is 2.75. The zero-order valence-electron chi connectivity index (χ0n) is 18.0. The Morgan fingerprint density at radius 1 is 0.903 bits per heavy atom. The van der Waals surface area contributed by atoms with Crippen molar-refractivity contribution in [2.75, 3.05) is 11.3 Å². The van der Waals surface area contributed by atoms with Crippen molar-refractivity contribution >= 4 is 21.6 Å². The van der Waals surface area contributed by atoms with Crippen molar-refractivity contribution in [1.82, 2.24) is 4.90 Å². The average molecular weight is 435 g/mol. The molecule has 0 radical (unpaired) electrons. The van der Waals surface area contributed by atoms with Gasteiger partial charge in [0, 0.05) is 18.7 Å². The molecule has 0 fully saturated rings. The molecule has 31 heavy (non-hydrogen) atoms. The van der Waals surface area contributed by atoms with Crippen molar-refractivity contribution in [2.24, 2.45) is 0 Å². The fourth-order valence-corrected chi connectivity index (χ4v) is 5.40. The molecule has 1 aliphatic heterocycles. The van der Waals surface area contributed by atoms with E-state index in [9.17, 15) is 13.2 Å². The highest BCUT2D eigenvalue weighted by atomic mass is 32.2. The van der Waals surface area contributed by atoms with Crippen LogP contribution in [-0.4, -0.2) is 25.8 Å². The molecule has 6 heteroatoms. The molecule has 0 atom stereocenters. The summed E-state index contributed by atoms with van der Waals surface area (Å²) in [6, 6.07) is 18.6. The van der Waals surface area contributed by atoms with Gasteiger partial charge in [0.1, 0.15) is 0 Å². The number of carbonyl (C=O) groups is 1. The molecule has 3 aromatic carbocycles. The second kappa shape index (κ2) is 8.19. The number of nitrogens with one attached hydrogen (secondary N) is 1. The Hall–Kier alpha value is -3.12. The highest BCUT2D eigenvalue weighted by molar-refractivity contribution is 7.92. The van der Waals surface area contributed by atoms with Crippen molar-refractivity contribution in [3.05, 3.63) is 94.0 Å². The summed E-state index contributed by atoms with van der Waals surface area (Å²) in [7, 11) is -3.84. The summed E-state index contributed by atoms with van der Waals surface area (Å²) in [5.74, 6) is -0.155. The minimum Gasteiger partial charge on any atom is -0.334 e. The van der Waals surface area contributed by atoms with Crippen molar-refractivity contribution in [1.29, 1.82) is 0 Å². The molecule has 3 aromatic rings. The zero-order chi connectivity index (χ0) is 22.2. The van der Waals surface area contributed by atoms with Crippen molar-refractivity contribution < 1.29 is 13.2 Å². The van der Waals surface area contributed by atoms with Gasteiger partial charge in [0.15, 0.2) is 0 Å². The van der Waals surface area contributed by atoms with Gasteiger partial charge in [-0.1, -0.05) is 48.0 Å². The molecule has 0 unspecified atom stereocenters. The largest absolute Gasteiger partial charge is 0.334 e. The number of anilines is 1. The number of hydrogen-bond donors (Lipinski definition) is 1. The van der Waals surface area contributed by atoms with E-state index in [4.69, 9.17) is 0 Å². The number of benzene rings is 3. The Kier molecular flexibility index (Phi) is 5.58. The van der Waals surface area contributed by atoms with Crippen LogP contribution in [0.1, 0.15) is 38.2 Å². The smallest absolute Gasteiger partial charge is 0.262 e. The number of rotatable bonds is 4. The van der Waals surface area contributed by atoms with Gasteiger partial charge in [0.05, 0.1) is 10.6 Å². The van der Waals surface area contributed by atoms with Crippen LogP contribution in [0.4, 0.5) is 5.69 Å². The number of aryl methyl sites for hydroxylation is 3. The van der Waals surface area contributed by atoms with E-state index in [1.807, 2.05) is 44.2 Å². The van der Waals surface area contributed by atoms with Crippen molar-refractivity contribution in [3.8, 4) is 0 Å². The summed E-state index contributed by atoms with van der Waals surface area (Å²) in [5, 5.41) is 0. The summed E-state index contributed by atoms with van der Waals surface area (Å²) in [6.45, 7) is 6.72. The van der Waals surface area contributed by atoms with Gasteiger partial charge >= 0.3 is 0 Å². The highest BCUT2D eigenvalue weighted by Crippen LogP contribution is 2.25. The molecule has 1 N–H and O–H groups in total. The molecular formula is C25H26N2O3S. The van der Waals surface area contributed by atoms with E-state index in [1.165, 1.54) is 11.6 Å². The fraction of sp³-hybridized carbons (Fsp3) is 0.240. The van der Waals surface area contributed by atoms with Gasteiger partial charge in [0.2, 0.25) is 0 Å². The lowest BCUT2D eigenvalue weighted by molar-refractivity contribution is 0.0734. The van der Waals surface area contributed by atoms with Crippen LogP contribution in [0.5, 0.6) is 0 Å². The molecule has 0 spiro atoms. The van der Waals surface area contributed by atoms with Crippen molar-refractivity contribution in [2.45, 2.75) is 38.6 Å². The number of fused-ring (bicyclic) bond motifs is 1. The number of carbonyl (C=O) groups excluding carboxylic acids is 1. The molecule has 0 saturated carbocycles. The quantitative estimate of drug-likeness (QED) is 0.652. The van der Waals surface area contributed by atoms with Crippen molar-refractivity contribution in [3.63, 3.8) is 0 Å². The zero-order valence-corrected chi connectivity index (χ0v) is 18.8. The second-order valence-corrected chi connectivity index (χ2v) is 9.80. The van der Waals surface area contributed by atoms with Crippen LogP contribution in [0, 0.1) is 20.8 Å². The molecule has 160 valence electrons. The molecule has 1 aliphatic rings. The molecule has 0 saturated heterocycles. The van der Waals surface area contributed by atoms with E-state index < -0.39 is 10.0 Å². The Balaban J connectivity index is 1.61. The fourth-order valence-electron chi connectivity index (χ4n) is 4.00. The van der Waals surface area contributed by atoms with Crippen LogP contribution in [0.3, 0.4) is 0 Å². The molecular weight excluding hydrogens is 408 g/mol. The third-order valence-corrected chi connectivity index (χ3v) is 7.28. The molecule has 5 nitrogen and oxygen atoms in total. The molecule has 1 amide bonds. The van der Waals surface area contributed by atoms with E-state index in [-0.39, 0.29) is 10.8 Å². The predicted molar refractivity (Wildman–Crippen MR) is 123 cm³/mol. The first kappa shape index (κ1) is 21.1. The summed E-state index contributed by atoms with van der Waals surface area (Å²) in [5.41, 5.74) is 5.82. The first-order chi connectivity index (χ1) is 14.7. The molecule has 0 aromatic heterocycles.